The first-order chi connectivity index (χ1) is 11.7. The average molecular weight is 335 g/mol. The molecule has 0 aromatic heterocycles. The largest absolute Gasteiger partial charge is 1.00 e. The van der Waals surface area contributed by atoms with Crippen molar-refractivity contribution < 1.29 is 39.5 Å². The molecule has 4 aromatic carbocycles. The van der Waals surface area contributed by atoms with E-state index < -0.39 is 0 Å². The van der Waals surface area contributed by atoms with Crippen molar-refractivity contribution in [1.82, 2.24) is 0 Å². The van der Waals surface area contributed by atoms with Crippen LogP contribution in [0.25, 0.3) is 21.5 Å². The van der Waals surface area contributed by atoms with Crippen LogP contribution in [0, 0.1) is 0 Å². The van der Waals surface area contributed by atoms with Crippen LogP contribution in [0.15, 0.2) is 78.9 Å². The second-order valence-corrected chi connectivity index (χ2v) is 5.68. The second-order valence-electron chi connectivity index (χ2n) is 5.68. The van der Waals surface area contributed by atoms with E-state index in [1.807, 2.05) is 66.7 Å². The van der Waals surface area contributed by atoms with Crippen molar-refractivity contribution in [2.75, 3.05) is 5.32 Å². The van der Waals surface area contributed by atoms with E-state index in [1.165, 1.54) is 6.07 Å². The molecule has 0 atom stereocenters. The van der Waals surface area contributed by atoms with Crippen LogP contribution in [-0.2, 0) is 0 Å². The van der Waals surface area contributed by atoms with Gasteiger partial charge in [-0.2, -0.15) is 0 Å². The zero-order chi connectivity index (χ0) is 16.5. The van der Waals surface area contributed by atoms with Gasteiger partial charge in [0.15, 0.2) is 0 Å². The third kappa shape index (κ3) is 3.40. The maximum Gasteiger partial charge on any atom is 1.00 e. The van der Waals surface area contributed by atoms with Gasteiger partial charge in [-0.05, 0) is 28.3 Å². The first-order valence-electron chi connectivity index (χ1n) is 7.71. The van der Waals surface area contributed by atoms with Gasteiger partial charge in [0.2, 0.25) is 0 Å². The van der Waals surface area contributed by atoms with E-state index in [4.69, 9.17) is 0 Å². The van der Waals surface area contributed by atoms with Crippen molar-refractivity contribution in [3.8, 4) is 5.75 Å². The summed E-state index contributed by atoms with van der Waals surface area (Å²) in [6, 6.07) is 24.2. The van der Waals surface area contributed by atoms with E-state index >= 15 is 0 Å². The van der Waals surface area contributed by atoms with Crippen molar-refractivity contribution >= 4 is 33.1 Å². The monoisotopic (exact) mass is 335 g/mol. The van der Waals surface area contributed by atoms with Gasteiger partial charge in [-0.25, -0.2) is 0 Å². The molecular weight excluding hydrogens is 321 g/mol. The topological polar surface area (TPSA) is 52.2 Å². The van der Waals surface area contributed by atoms with Crippen LogP contribution in [-0.4, -0.2) is 5.91 Å². The average Bonchev–Trinajstić information content (AvgIpc) is 2.61. The fourth-order valence-corrected chi connectivity index (χ4v) is 2.92. The molecule has 3 nitrogen and oxygen atoms in total. The fourth-order valence-electron chi connectivity index (χ4n) is 2.92. The van der Waals surface area contributed by atoms with Gasteiger partial charge in [0.25, 0.3) is 5.91 Å². The molecule has 0 aliphatic heterocycles. The third-order valence-electron chi connectivity index (χ3n) is 4.13. The minimum absolute atomic E-state index is 0. The summed E-state index contributed by atoms with van der Waals surface area (Å²) in [5.74, 6) is -0.659. The van der Waals surface area contributed by atoms with Gasteiger partial charge in [-0.15, -0.1) is 0 Å². The van der Waals surface area contributed by atoms with E-state index in [0.717, 1.165) is 21.5 Å². The molecule has 4 aromatic rings. The summed E-state index contributed by atoms with van der Waals surface area (Å²) in [7, 11) is 0. The Labute approximate surface area is 167 Å². The van der Waals surface area contributed by atoms with Crippen molar-refractivity contribution in [2.45, 2.75) is 0 Å². The summed E-state index contributed by atoms with van der Waals surface area (Å²) in [5.41, 5.74) is 0.854. The molecule has 0 aliphatic carbocycles. The standard InChI is InChI=1S/C21H15NO2.Na/c23-20-13-16-8-2-1-7-15(16)12-18(20)21(24)22-19-11-5-9-14-6-3-4-10-17(14)19;/h1-13,23H,(H,22,24);/q;+1/p-1. The molecule has 25 heavy (non-hydrogen) atoms. The molecule has 4 rings (SSSR count). The number of hydrogen-bond donors (Lipinski definition) is 1. The van der Waals surface area contributed by atoms with Crippen LogP contribution >= 0.6 is 0 Å². The molecule has 0 heterocycles. The van der Waals surface area contributed by atoms with Crippen molar-refractivity contribution in [2.24, 2.45) is 0 Å². The normalized spacial score (nSPS) is 10.4. The van der Waals surface area contributed by atoms with Crippen LogP contribution in [0.5, 0.6) is 5.75 Å². The summed E-state index contributed by atoms with van der Waals surface area (Å²) < 4.78 is 0. The zero-order valence-corrected chi connectivity index (χ0v) is 15.8. The minimum atomic E-state index is -0.387. The van der Waals surface area contributed by atoms with Gasteiger partial charge in [-0.1, -0.05) is 72.5 Å². The number of hydrogen-bond acceptors (Lipinski definition) is 2. The summed E-state index contributed by atoms with van der Waals surface area (Å²) in [6.45, 7) is 0. The predicted octanol–water partition coefficient (Wildman–Crippen LogP) is 1.32. The van der Waals surface area contributed by atoms with Crippen molar-refractivity contribution in [3.63, 3.8) is 0 Å². The first kappa shape index (κ1) is 17.5. The van der Waals surface area contributed by atoms with Gasteiger partial charge in [0, 0.05) is 16.6 Å². The molecule has 0 saturated heterocycles. The van der Waals surface area contributed by atoms with E-state index in [2.05, 4.69) is 5.32 Å². The van der Waals surface area contributed by atoms with Crippen molar-refractivity contribution in [1.29, 1.82) is 0 Å². The molecule has 1 amide bonds. The first-order valence-corrected chi connectivity index (χ1v) is 7.71. The van der Waals surface area contributed by atoms with Gasteiger partial charge in [-0.3, -0.25) is 4.79 Å². The summed E-state index contributed by atoms with van der Waals surface area (Å²) in [4.78, 5) is 12.6. The Balaban J connectivity index is 0.00000182. The molecule has 4 heteroatoms. The van der Waals surface area contributed by atoms with Crippen molar-refractivity contribution in [3.05, 3.63) is 84.4 Å². The number of benzene rings is 4. The van der Waals surface area contributed by atoms with E-state index in [0.29, 0.717) is 5.69 Å². The molecule has 0 fully saturated rings. The SMILES string of the molecule is O=C(Nc1cccc2ccccc12)c1cc2ccccc2cc1[O-].[Na+]. The predicted molar refractivity (Wildman–Crippen MR) is 95.3 cm³/mol. The molecule has 0 radical (unpaired) electrons. The Kier molecular flexibility index (Phi) is 5.09. The van der Waals surface area contributed by atoms with Crippen LogP contribution < -0.4 is 40.0 Å². The van der Waals surface area contributed by atoms with Crippen LogP contribution in [0.1, 0.15) is 10.4 Å². The smallest absolute Gasteiger partial charge is 0.872 e. The molecule has 0 unspecified atom stereocenters. The number of carbonyl (C=O) groups excluding carboxylic acids is 1. The van der Waals surface area contributed by atoms with E-state index in [-0.39, 0.29) is 46.8 Å². The summed E-state index contributed by atoms with van der Waals surface area (Å²) in [5, 5.41) is 18.8. The molecule has 0 bridgehead atoms. The Morgan fingerprint density at radius 2 is 1.36 bits per heavy atom. The van der Waals surface area contributed by atoms with Crippen LogP contribution in [0.4, 0.5) is 5.69 Å². The van der Waals surface area contributed by atoms with Gasteiger partial charge in [0.05, 0.1) is 0 Å². The molecular formula is C21H14NNaO2. The zero-order valence-electron chi connectivity index (χ0n) is 13.8. The Morgan fingerprint density at radius 3 is 2.12 bits per heavy atom. The quantitative estimate of drug-likeness (QED) is 0.562. The Hall–Kier alpha value is -2.33. The van der Waals surface area contributed by atoms with E-state index in [1.54, 1.807) is 6.07 Å². The minimum Gasteiger partial charge on any atom is -0.872 e. The Morgan fingerprint density at radius 1 is 0.760 bits per heavy atom. The fraction of sp³-hybridized carbons (Fsp3) is 0. The maximum atomic E-state index is 12.6. The third-order valence-corrected chi connectivity index (χ3v) is 4.13. The number of amides is 1. The van der Waals surface area contributed by atoms with E-state index in [9.17, 15) is 9.90 Å². The summed E-state index contributed by atoms with van der Waals surface area (Å²) >= 11 is 0. The number of carbonyl (C=O) groups is 1. The van der Waals surface area contributed by atoms with Gasteiger partial charge >= 0.3 is 29.6 Å². The molecule has 0 saturated carbocycles. The number of nitrogens with one attached hydrogen (secondary N) is 1. The number of fused-ring (bicyclic) bond motifs is 2. The molecule has 0 spiro atoms. The second kappa shape index (κ2) is 7.28. The van der Waals surface area contributed by atoms with Gasteiger partial charge in [0.1, 0.15) is 0 Å². The molecule has 0 aliphatic rings. The van der Waals surface area contributed by atoms with Gasteiger partial charge < -0.3 is 10.4 Å². The molecule has 1 N–H and O–H groups in total. The Bertz CT molecular complexity index is 1070. The molecule has 116 valence electrons. The summed E-state index contributed by atoms with van der Waals surface area (Å²) in [6.07, 6.45) is 0. The van der Waals surface area contributed by atoms with Crippen LogP contribution in [0.2, 0.25) is 0 Å². The maximum absolute atomic E-state index is 12.6. The van der Waals surface area contributed by atoms with Crippen LogP contribution in [0.3, 0.4) is 0 Å². The number of anilines is 1. The number of rotatable bonds is 2.